The van der Waals surface area contributed by atoms with Gasteiger partial charge in [0.05, 0.1) is 9.93 Å². The second kappa shape index (κ2) is 7.12. The Bertz CT molecular complexity index is 627. The Hall–Kier alpha value is -2.02. The molecular formula is C14H18N4O2S. The minimum absolute atomic E-state index is 0.0553. The Kier molecular flexibility index (Phi) is 5.21. The van der Waals surface area contributed by atoms with Crippen LogP contribution in [0.15, 0.2) is 17.6 Å². The first-order chi connectivity index (χ1) is 10.1. The lowest BCUT2D eigenvalue weighted by atomic mass is 10.2. The van der Waals surface area contributed by atoms with Crippen LogP contribution in [0.4, 0.5) is 11.5 Å². The SMILES string of the molecule is Cc1csc(CCCCNc2cc(C)c([N+](=O)[O-])cn2)n1. The second-order valence-corrected chi connectivity index (χ2v) is 5.82. The number of unbranched alkanes of at least 4 members (excludes halogenated alkanes) is 1. The van der Waals surface area contributed by atoms with E-state index in [9.17, 15) is 10.1 Å². The minimum atomic E-state index is -0.415. The fourth-order valence-electron chi connectivity index (χ4n) is 1.97. The fourth-order valence-corrected chi connectivity index (χ4v) is 2.79. The van der Waals surface area contributed by atoms with Gasteiger partial charge in [-0.15, -0.1) is 11.3 Å². The molecular weight excluding hydrogens is 288 g/mol. The summed E-state index contributed by atoms with van der Waals surface area (Å²) in [5.41, 5.74) is 1.76. The maximum atomic E-state index is 10.7. The molecule has 2 aromatic rings. The van der Waals surface area contributed by atoms with E-state index in [0.717, 1.165) is 31.5 Å². The highest BCUT2D eigenvalue weighted by Gasteiger charge is 2.10. The van der Waals surface area contributed by atoms with Gasteiger partial charge >= 0.3 is 0 Å². The lowest BCUT2D eigenvalue weighted by Gasteiger charge is -2.06. The van der Waals surface area contributed by atoms with Crippen LogP contribution in [0.2, 0.25) is 0 Å². The standard InChI is InChI=1S/C14H18N4O2S/c1-10-7-13(16-8-12(10)18(19)20)15-6-4-3-5-14-17-11(2)9-21-14/h7-9H,3-6H2,1-2H3,(H,15,16). The number of pyridine rings is 1. The van der Waals surface area contributed by atoms with Crippen LogP contribution in [0, 0.1) is 24.0 Å². The summed E-state index contributed by atoms with van der Waals surface area (Å²) in [5, 5.41) is 17.1. The number of aromatic nitrogens is 2. The molecule has 1 N–H and O–H groups in total. The van der Waals surface area contributed by atoms with Gasteiger partial charge in [-0.3, -0.25) is 10.1 Å². The molecule has 0 amide bonds. The first-order valence-electron chi connectivity index (χ1n) is 6.82. The van der Waals surface area contributed by atoms with Crippen LogP contribution in [0.1, 0.15) is 29.1 Å². The van der Waals surface area contributed by atoms with Gasteiger partial charge in [-0.2, -0.15) is 0 Å². The Labute approximate surface area is 127 Å². The van der Waals surface area contributed by atoms with Crippen LogP contribution in [0.3, 0.4) is 0 Å². The first-order valence-corrected chi connectivity index (χ1v) is 7.70. The summed E-state index contributed by atoms with van der Waals surface area (Å²) in [6, 6.07) is 1.71. The molecule has 6 nitrogen and oxygen atoms in total. The number of hydrogen-bond donors (Lipinski definition) is 1. The molecule has 2 heterocycles. The number of rotatable bonds is 7. The highest BCUT2D eigenvalue weighted by Crippen LogP contribution is 2.19. The van der Waals surface area contributed by atoms with Crippen molar-refractivity contribution in [1.82, 2.24) is 9.97 Å². The van der Waals surface area contributed by atoms with E-state index in [-0.39, 0.29) is 5.69 Å². The lowest BCUT2D eigenvalue weighted by Crippen LogP contribution is -2.05. The number of nitrogens with zero attached hydrogens (tertiary/aromatic N) is 3. The number of aryl methyl sites for hydroxylation is 3. The smallest absolute Gasteiger partial charge is 0.290 e. The molecule has 0 aliphatic rings. The summed E-state index contributed by atoms with van der Waals surface area (Å²) in [6.45, 7) is 4.52. The van der Waals surface area contributed by atoms with Gasteiger partial charge in [-0.05, 0) is 39.2 Å². The molecule has 0 saturated heterocycles. The summed E-state index contributed by atoms with van der Waals surface area (Å²) in [6.07, 6.45) is 4.37. The zero-order valence-electron chi connectivity index (χ0n) is 12.1. The van der Waals surface area contributed by atoms with Crippen molar-refractivity contribution < 1.29 is 4.92 Å². The highest BCUT2D eigenvalue weighted by atomic mass is 32.1. The summed E-state index contributed by atoms with van der Waals surface area (Å²) >= 11 is 1.70. The molecule has 0 bridgehead atoms. The fraction of sp³-hybridized carbons (Fsp3) is 0.429. The Morgan fingerprint density at radius 3 is 2.81 bits per heavy atom. The monoisotopic (exact) mass is 306 g/mol. The van der Waals surface area contributed by atoms with Crippen molar-refractivity contribution in [2.24, 2.45) is 0 Å². The Morgan fingerprint density at radius 1 is 1.38 bits per heavy atom. The summed E-state index contributed by atoms with van der Waals surface area (Å²) in [5.74, 6) is 0.684. The average Bonchev–Trinajstić information content (AvgIpc) is 2.84. The van der Waals surface area contributed by atoms with Gasteiger partial charge in [0, 0.05) is 23.2 Å². The zero-order chi connectivity index (χ0) is 15.2. The van der Waals surface area contributed by atoms with Crippen LogP contribution in [0.5, 0.6) is 0 Å². The largest absolute Gasteiger partial charge is 0.370 e. The van der Waals surface area contributed by atoms with Crippen LogP contribution in [-0.2, 0) is 6.42 Å². The molecule has 2 rings (SSSR count). The molecule has 0 unspecified atom stereocenters. The molecule has 0 saturated carbocycles. The Morgan fingerprint density at radius 2 is 2.19 bits per heavy atom. The molecule has 0 aliphatic carbocycles. The predicted octanol–water partition coefficient (Wildman–Crippen LogP) is 3.50. The number of hydrogen-bond acceptors (Lipinski definition) is 6. The van der Waals surface area contributed by atoms with E-state index in [0.29, 0.717) is 11.4 Å². The van der Waals surface area contributed by atoms with Crippen molar-refractivity contribution in [2.45, 2.75) is 33.1 Å². The third-order valence-electron chi connectivity index (χ3n) is 3.07. The third kappa shape index (κ3) is 4.49. The number of anilines is 1. The van der Waals surface area contributed by atoms with Gasteiger partial charge in [0.25, 0.3) is 5.69 Å². The normalized spacial score (nSPS) is 10.6. The molecule has 0 aliphatic heterocycles. The van der Waals surface area contributed by atoms with E-state index in [1.165, 1.54) is 11.2 Å². The van der Waals surface area contributed by atoms with Crippen LogP contribution < -0.4 is 5.32 Å². The van der Waals surface area contributed by atoms with E-state index in [2.05, 4.69) is 20.7 Å². The quantitative estimate of drug-likeness (QED) is 0.481. The van der Waals surface area contributed by atoms with Crippen LogP contribution >= 0.6 is 11.3 Å². The van der Waals surface area contributed by atoms with Gasteiger partial charge in [-0.25, -0.2) is 9.97 Å². The van der Waals surface area contributed by atoms with Gasteiger partial charge in [0.2, 0.25) is 0 Å². The molecule has 0 aromatic carbocycles. The maximum Gasteiger partial charge on any atom is 0.290 e. The van der Waals surface area contributed by atoms with Crippen molar-refractivity contribution in [1.29, 1.82) is 0 Å². The van der Waals surface area contributed by atoms with E-state index in [4.69, 9.17) is 0 Å². The van der Waals surface area contributed by atoms with Gasteiger partial charge in [-0.1, -0.05) is 0 Å². The topological polar surface area (TPSA) is 81.0 Å². The van der Waals surface area contributed by atoms with Gasteiger partial charge in [0.15, 0.2) is 0 Å². The molecule has 0 fully saturated rings. The molecule has 7 heteroatoms. The molecule has 2 aromatic heterocycles. The molecule has 112 valence electrons. The van der Waals surface area contributed by atoms with Crippen molar-refractivity contribution in [2.75, 3.05) is 11.9 Å². The summed E-state index contributed by atoms with van der Waals surface area (Å²) in [7, 11) is 0. The van der Waals surface area contributed by atoms with E-state index >= 15 is 0 Å². The van der Waals surface area contributed by atoms with Crippen molar-refractivity contribution in [3.63, 3.8) is 0 Å². The van der Waals surface area contributed by atoms with Crippen molar-refractivity contribution in [3.05, 3.63) is 44.0 Å². The highest BCUT2D eigenvalue weighted by molar-refractivity contribution is 7.09. The second-order valence-electron chi connectivity index (χ2n) is 4.88. The average molecular weight is 306 g/mol. The molecule has 0 radical (unpaired) electrons. The van der Waals surface area contributed by atoms with E-state index in [1.807, 2.05) is 6.92 Å². The zero-order valence-corrected chi connectivity index (χ0v) is 12.9. The number of thiazole rings is 1. The summed E-state index contributed by atoms with van der Waals surface area (Å²) in [4.78, 5) is 18.8. The molecule has 0 atom stereocenters. The minimum Gasteiger partial charge on any atom is -0.370 e. The number of nitro groups is 1. The Balaban J connectivity index is 1.73. The predicted molar refractivity (Wildman–Crippen MR) is 83.9 cm³/mol. The van der Waals surface area contributed by atoms with Gasteiger partial charge in [0.1, 0.15) is 12.0 Å². The molecule has 21 heavy (non-hydrogen) atoms. The van der Waals surface area contributed by atoms with Gasteiger partial charge < -0.3 is 5.32 Å². The van der Waals surface area contributed by atoms with E-state index < -0.39 is 4.92 Å². The lowest BCUT2D eigenvalue weighted by molar-refractivity contribution is -0.385. The maximum absolute atomic E-state index is 10.7. The molecule has 0 spiro atoms. The first kappa shape index (κ1) is 15.4. The van der Waals surface area contributed by atoms with Crippen LogP contribution in [0.25, 0.3) is 0 Å². The summed E-state index contributed by atoms with van der Waals surface area (Å²) < 4.78 is 0. The number of nitrogens with one attached hydrogen (secondary N) is 1. The van der Waals surface area contributed by atoms with Crippen molar-refractivity contribution >= 4 is 22.8 Å². The third-order valence-corrected chi connectivity index (χ3v) is 4.10. The van der Waals surface area contributed by atoms with Crippen LogP contribution in [-0.4, -0.2) is 21.4 Å². The van der Waals surface area contributed by atoms with E-state index in [1.54, 1.807) is 24.3 Å². The van der Waals surface area contributed by atoms with Crippen molar-refractivity contribution in [3.8, 4) is 0 Å².